The molecule has 1 aromatic rings. The first-order valence-corrected chi connectivity index (χ1v) is 7.20. The molecule has 1 aliphatic rings. The van der Waals surface area contributed by atoms with Gasteiger partial charge in [-0.3, -0.25) is 4.79 Å². The molecule has 0 aromatic heterocycles. The third kappa shape index (κ3) is 4.68. The lowest BCUT2D eigenvalue weighted by molar-refractivity contribution is -0.136. The number of aliphatic carboxylic acids is 1. The Labute approximate surface area is 124 Å². The van der Waals surface area contributed by atoms with E-state index in [-0.39, 0.29) is 12.2 Å². The van der Waals surface area contributed by atoms with Crippen molar-refractivity contribution in [3.8, 4) is 0 Å². The lowest BCUT2D eigenvalue weighted by atomic mass is 10.1. The molecule has 0 bridgehead atoms. The van der Waals surface area contributed by atoms with Gasteiger partial charge >= 0.3 is 5.97 Å². The van der Waals surface area contributed by atoms with Crippen LogP contribution in [0, 0.1) is 5.82 Å². The number of piperazine rings is 1. The maximum atomic E-state index is 14.0. The molecule has 116 valence electrons. The standard InChI is InChI=1S/C15H22FN3O2/c1-18-6-8-19(9-7-18)14-10-12(2-3-13(14)16)11-17-5-4-15(20)21/h2-3,10,17H,4-9,11H2,1H3,(H,20,21). The topological polar surface area (TPSA) is 55.8 Å². The Bertz CT molecular complexity index is 488. The van der Waals surface area contributed by atoms with Crippen molar-refractivity contribution in [2.24, 2.45) is 0 Å². The highest BCUT2D eigenvalue weighted by Crippen LogP contribution is 2.22. The van der Waals surface area contributed by atoms with Crippen LogP contribution in [0.1, 0.15) is 12.0 Å². The van der Waals surface area contributed by atoms with Gasteiger partial charge in [0.2, 0.25) is 0 Å². The first-order valence-electron chi connectivity index (χ1n) is 7.20. The van der Waals surface area contributed by atoms with E-state index in [0.717, 1.165) is 31.7 Å². The van der Waals surface area contributed by atoms with Crippen LogP contribution in [-0.2, 0) is 11.3 Å². The number of carboxylic acids is 1. The molecule has 1 aromatic carbocycles. The Morgan fingerprint density at radius 1 is 1.33 bits per heavy atom. The molecule has 0 aliphatic carbocycles. The molecule has 1 aliphatic heterocycles. The van der Waals surface area contributed by atoms with Gasteiger partial charge in [0.1, 0.15) is 5.82 Å². The van der Waals surface area contributed by atoms with Crippen LogP contribution in [-0.4, -0.2) is 55.7 Å². The summed E-state index contributed by atoms with van der Waals surface area (Å²) in [5.74, 6) is -1.02. The molecule has 2 rings (SSSR count). The summed E-state index contributed by atoms with van der Waals surface area (Å²) < 4.78 is 14.0. The summed E-state index contributed by atoms with van der Waals surface area (Å²) in [6.07, 6.45) is 0.0898. The molecule has 2 N–H and O–H groups in total. The molecule has 0 radical (unpaired) electrons. The molecule has 1 saturated heterocycles. The summed E-state index contributed by atoms with van der Waals surface area (Å²) in [6.45, 7) is 4.47. The average Bonchev–Trinajstić information content (AvgIpc) is 2.46. The highest BCUT2D eigenvalue weighted by molar-refractivity contribution is 5.66. The third-order valence-electron chi connectivity index (χ3n) is 3.70. The Hall–Kier alpha value is -1.66. The van der Waals surface area contributed by atoms with Crippen molar-refractivity contribution in [3.63, 3.8) is 0 Å². The molecule has 0 spiro atoms. The largest absolute Gasteiger partial charge is 0.481 e. The summed E-state index contributed by atoms with van der Waals surface area (Å²) in [5.41, 5.74) is 1.61. The van der Waals surface area contributed by atoms with E-state index >= 15 is 0 Å². The Morgan fingerprint density at radius 2 is 2.05 bits per heavy atom. The van der Waals surface area contributed by atoms with E-state index in [1.54, 1.807) is 6.07 Å². The predicted molar refractivity (Wildman–Crippen MR) is 80.1 cm³/mol. The van der Waals surface area contributed by atoms with Gasteiger partial charge in [0.25, 0.3) is 0 Å². The summed E-state index contributed by atoms with van der Waals surface area (Å²) in [7, 11) is 2.07. The second kappa shape index (κ2) is 7.38. The minimum Gasteiger partial charge on any atom is -0.481 e. The maximum absolute atomic E-state index is 14.0. The summed E-state index contributed by atoms with van der Waals surface area (Å²) in [4.78, 5) is 14.7. The van der Waals surface area contributed by atoms with Crippen molar-refractivity contribution in [1.82, 2.24) is 10.2 Å². The number of halogens is 1. The van der Waals surface area contributed by atoms with Crippen LogP contribution in [0.4, 0.5) is 10.1 Å². The Morgan fingerprint density at radius 3 is 2.71 bits per heavy atom. The van der Waals surface area contributed by atoms with Crippen molar-refractivity contribution in [1.29, 1.82) is 0 Å². The Kier molecular flexibility index (Phi) is 5.52. The van der Waals surface area contributed by atoms with E-state index in [2.05, 4.69) is 22.2 Å². The second-order valence-electron chi connectivity index (χ2n) is 5.40. The fourth-order valence-corrected chi connectivity index (χ4v) is 2.39. The van der Waals surface area contributed by atoms with Gasteiger partial charge in [0.15, 0.2) is 0 Å². The number of anilines is 1. The van der Waals surface area contributed by atoms with Crippen LogP contribution >= 0.6 is 0 Å². The van der Waals surface area contributed by atoms with Gasteiger partial charge in [-0.05, 0) is 24.7 Å². The van der Waals surface area contributed by atoms with E-state index in [0.29, 0.717) is 18.8 Å². The lowest BCUT2D eigenvalue weighted by Crippen LogP contribution is -2.44. The minimum atomic E-state index is -0.820. The SMILES string of the molecule is CN1CCN(c2cc(CNCCC(=O)O)ccc2F)CC1. The third-order valence-corrected chi connectivity index (χ3v) is 3.70. The first-order chi connectivity index (χ1) is 10.1. The number of carbonyl (C=O) groups is 1. The van der Waals surface area contributed by atoms with Crippen molar-refractivity contribution in [2.45, 2.75) is 13.0 Å². The molecule has 1 heterocycles. The zero-order valence-corrected chi connectivity index (χ0v) is 12.3. The van der Waals surface area contributed by atoms with Gasteiger partial charge < -0.3 is 20.2 Å². The maximum Gasteiger partial charge on any atom is 0.304 e. The molecule has 6 heteroatoms. The summed E-state index contributed by atoms with van der Waals surface area (Å²) in [6, 6.07) is 5.08. The highest BCUT2D eigenvalue weighted by atomic mass is 19.1. The molecule has 21 heavy (non-hydrogen) atoms. The fourth-order valence-electron chi connectivity index (χ4n) is 2.39. The zero-order chi connectivity index (χ0) is 15.2. The van der Waals surface area contributed by atoms with Crippen LogP contribution in [0.2, 0.25) is 0 Å². The number of likely N-dealkylation sites (N-methyl/N-ethyl adjacent to an activating group) is 1. The molecule has 5 nitrogen and oxygen atoms in total. The number of nitrogens with one attached hydrogen (secondary N) is 1. The molecule has 1 fully saturated rings. The molecule has 0 amide bonds. The van der Waals surface area contributed by atoms with Gasteiger partial charge in [-0.15, -0.1) is 0 Å². The van der Waals surface area contributed by atoms with Gasteiger partial charge in [-0.1, -0.05) is 6.07 Å². The number of nitrogens with zero attached hydrogens (tertiary/aromatic N) is 2. The van der Waals surface area contributed by atoms with Crippen molar-refractivity contribution < 1.29 is 14.3 Å². The van der Waals surface area contributed by atoms with E-state index < -0.39 is 5.97 Å². The fraction of sp³-hybridized carbons (Fsp3) is 0.533. The monoisotopic (exact) mass is 295 g/mol. The number of hydrogen-bond donors (Lipinski definition) is 2. The van der Waals surface area contributed by atoms with Crippen LogP contribution in [0.5, 0.6) is 0 Å². The molecular formula is C15H22FN3O2. The normalized spacial score (nSPS) is 16.2. The van der Waals surface area contributed by atoms with Gasteiger partial charge in [-0.25, -0.2) is 4.39 Å². The first kappa shape index (κ1) is 15.7. The Balaban J connectivity index is 1.95. The summed E-state index contributed by atoms with van der Waals surface area (Å²) in [5, 5.41) is 11.6. The molecule has 0 saturated carbocycles. The van der Waals surface area contributed by atoms with Crippen molar-refractivity contribution in [3.05, 3.63) is 29.6 Å². The van der Waals surface area contributed by atoms with Gasteiger partial charge in [0, 0.05) is 39.3 Å². The van der Waals surface area contributed by atoms with E-state index in [1.165, 1.54) is 6.07 Å². The van der Waals surface area contributed by atoms with Crippen LogP contribution in [0.3, 0.4) is 0 Å². The number of benzene rings is 1. The average molecular weight is 295 g/mol. The van der Waals surface area contributed by atoms with E-state index in [1.807, 2.05) is 6.07 Å². The number of rotatable bonds is 6. The van der Waals surface area contributed by atoms with Crippen molar-refractivity contribution in [2.75, 3.05) is 44.7 Å². The van der Waals surface area contributed by atoms with Crippen LogP contribution in [0.15, 0.2) is 18.2 Å². The van der Waals surface area contributed by atoms with Gasteiger partial charge in [-0.2, -0.15) is 0 Å². The van der Waals surface area contributed by atoms with E-state index in [9.17, 15) is 9.18 Å². The minimum absolute atomic E-state index is 0.0898. The van der Waals surface area contributed by atoms with E-state index in [4.69, 9.17) is 5.11 Å². The lowest BCUT2D eigenvalue weighted by Gasteiger charge is -2.34. The van der Waals surface area contributed by atoms with Crippen LogP contribution < -0.4 is 10.2 Å². The highest BCUT2D eigenvalue weighted by Gasteiger charge is 2.17. The quantitative estimate of drug-likeness (QED) is 0.771. The smallest absolute Gasteiger partial charge is 0.304 e. The molecular weight excluding hydrogens is 273 g/mol. The summed E-state index contributed by atoms with van der Waals surface area (Å²) >= 11 is 0. The van der Waals surface area contributed by atoms with Crippen molar-refractivity contribution >= 4 is 11.7 Å². The predicted octanol–water partition coefficient (Wildman–Crippen LogP) is 1.14. The number of hydrogen-bond acceptors (Lipinski definition) is 4. The zero-order valence-electron chi connectivity index (χ0n) is 12.3. The van der Waals surface area contributed by atoms with Gasteiger partial charge in [0.05, 0.1) is 12.1 Å². The molecule has 0 atom stereocenters. The van der Waals surface area contributed by atoms with Crippen LogP contribution in [0.25, 0.3) is 0 Å². The number of carboxylic acid groups (broad SMARTS) is 1. The molecule has 0 unspecified atom stereocenters. The second-order valence-corrected chi connectivity index (χ2v) is 5.40.